The van der Waals surface area contributed by atoms with Gasteiger partial charge in [-0.2, -0.15) is 0 Å². The number of carbonyl (C=O) groups is 1. The maximum atomic E-state index is 13.1. The molecule has 2 aliphatic heterocycles. The molecule has 33 heavy (non-hydrogen) atoms. The van der Waals surface area contributed by atoms with Crippen LogP contribution in [-0.2, 0) is 17.7 Å². The first-order valence-corrected chi connectivity index (χ1v) is 11.5. The van der Waals surface area contributed by atoms with Crippen molar-refractivity contribution in [1.82, 2.24) is 4.90 Å². The largest absolute Gasteiger partial charge is 0.440 e. The molecule has 0 saturated carbocycles. The second kappa shape index (κ2) is 8.72. The summed E-state index contributed by atoms with van der Waals surface area (Å²) in [4.78, 5) is 31.7. The van der Waals surface area contributed by atoms with Crippen molar-refractivity contribution >= 4 is 40.0 Å². The monoisotopic (exact) mass is 467 g/mol. The van der Waals surface area contributed by atoms with E-state index in [0.29, 0.717) is 55.3 Å². The molecular weight excluding hydrogens is 442 g/mol. The maximum Gasteiger partial charge on any atom is 0.253 e. The van der Waals surface area contributed by atoms with Crippen molar-refractivity contribution in [2.24, 2.45) is 0 Å². The Kier molecular flexibility index (Phi) is 5.76. The van der Waals surface area contributed by atoms with Gasteiger partial charge < -0.3 is 23.9 Å². The Balaban J connectivity index is 1.63. The van der Waals surface area contributed by atoms with Gasteiger partial charge in [0.2, 0.25) is 0 Å². The highest BCUT2D eigenvalue weighted by Crippen LogP contribution is 2.35. The summed E-state index contributed by atoms with van der Waals surface area (Å²) in [6.07, 6.45) is 0.853. The van der Waals surface area contributed by atoms with Crippen LogP contribution in [0, 0.1) is 0 Å². The summed E-state index contributed by atoms with van der Waals surface area (Å²) < 4.78 is 11.8. The smallest absolute Gasteiger partial charge is 0.253 e. The number of nitrogens with zero attached hydrogens (tertiary/aromatic N) is 3. The maximum absolute atomic E-state index is 13.1. The number of fused-ring (bicyclic) bond motifs is 2. The summed E-state index contributed by atoms with van der Waals surface area (Å²) in [6.45, 7) is 3.83. The van der Waals surface area contributed by atoms with Crippen LogP contribution >= 0.6 is 11.6 Å². The summed E-state index contributed by atoms with van der Waals surface area (Å²) in [5.74, 6) is 0.383. The third-order valence-electron chi connectivity index (χ3n) is 6.30. The van der Waals surface area contributed by atoms with Crippen molar-refractivity contribution in [2.45, 2.75) is 13.0 Å². The van der Waals surface area contributed by atoms with E-state index in [1.54, 1.807) is 20.2 Å². The summed E-state index contributed by atoms with van der Waals surface area (Å²) in [7, 11) is 3.41. The van der Waals surface area contributed by atoms with Gasteiger partial charge in [-0.05, 0) is 36.2 Å². The van der Waals surface area contributed by atoms with Gasteiger partial charge in [-0.25, -0.2) is 0 Å². The predicted molar refractivity (Wildman–Crippen MR) is 130 cm³/mol. The van der Waals surface area contributed by atoms with E-state index in [4.69, 9.17) is 20.8 Å². The van der Waals surface area contributed by atoms with Crippen LogP contribution in [0.3, 0.4) is 0 Å². The normalized spacial score (nSPS) is 15.7. The number of carbonyl (C=O) groups excluding carboxylic acids is 1. The van der Waals surface area contributed by atoms with E-state index in [-0.39, 0.29) is 11.3 Å². The van der Waals surface area contributed by atoms with Crippen LogP contribution < -0.4 is 15.2 Å². The molecule has 0 N–H and O–H groups in total. The number of amides is 1. The number of ether oxygens (including phenoxy) is 1. The van der Waals surface area contributed by atoms with Crippen LogP contribution in [0.2, 0.25) is 5.02 Å². The van der Waals surface area contributed by atoms with Gasteiger partial charge in [-0.1, -0.05) is 17.7 Å². The molecule has 0 radical (unpaired) electrons. The third-order valence-corrected chi connectivity index (χ3v) is 6.65. The average molecular weight is 468 g/mol. The summed E-state index contributed by atoms with van der Waals surface area (Å²) in [5.41, 5.74) is 3.84. The van der Waals surface area contributed by atoms with E-state index in [2.05, 4.69) is 11.0 Å². The predicted octanol–water partition coefficient (Wildman–Crippen LogP) is 3.55. The highest BCUT2D eigenvalue weighted by atomic mass is 35.5. The average Bonchev–Trinajstić information content (AvgIpc) is 3.23. The molecule has 8 heteroatoms. The molecule has 1 fully saturated rings. The minimum absolute atomic E-state index is 0.153. The second-order valence-corrected chi connectivity index (χ2v) is 9.08. The van der Waals surface area contributed by atoms with Crippen molar-refractivity contribution in [3.05, 3.63) is 68.3 Å². The SMILES string of the molecule is CN(C)C(=O)c1cc(CN2CCc3c(Cl)cccc32)c2oc(N3CCOCC3)cc(=O)c2c1. The Bertz CT molecular complexity index is 1280. The fourth-order valence-corrected chi connectivity index (χ4v) is 4.85. The summed E-state index contributed by atoms with van der Waals surface area (Å²) in [5, 5.41) is 1.18. The van der Waals surface area contributed by atoms with E-state index in [0.717, 1.165) is 34.8 Å². The van der Waals surface area contributed by atoms with Crippen molar-refractivity contribution in [3.8, 4) is 0 Å². The Labute approximate surface area is 197 Å². The molecule has 0 atom stereocenters. The van der Waals surface area contributed by atoms with Crippen molar-refractivity contribution in [1.29, 1.82) is 0 Å². The zero-order chi connectivity index (χ0) is 23.1. The number of halogens is 1. The van der Waals surface area contributed by atoms with E-state index < -0.39 is 0 Å². The number of anilines is 2. The van der Waals surface area contributed by atoms with Gasteiger partial charge in [0.25, 0.3) is 5.91 Å². The quantitative estimate of drug-likeness (QED) is 0.584. The van der Waals surface area contributed by atoms with Gasteiger partial charge in [-0.15, -0.1) is 0 Å². The topological polar surface area (TPSA) is 66.2 Å². The first-order chi connectivity index (χ1) is 15.9. The molecule has 1 aromatic heterocycles. The van der Waals surface area contributed by atoms with Gasteiger partial charge >= 0.3 is 0 Å². The van der Waals surface area contributed by atoms with Crippen molar-refractivity contribution in [3.63, 3.8) is 0 Å². The molecule has 3 heterocycles. The molecule has 2 aromatic carbocycles. The lowest BCUT2D eigenvalue weighted by molar-refractivity contribution is 0.0827. The first-order valence-electron chi connectivity index (χ1n) is 11.1. The number of morpholine rings is 1. The first kappa shape index (κ1) is 21.8. The summed E-state index contributed by atoms with van der Waals surface area (Å²) >= 11 is 6.41. The van der Waals surface area contributed by atoms with Gasteiger partial charge in [0.1, 0.15) is 5.58 Å². The van der Waals surface area contributed by atoms with Crippen LogP contribution in [0.25, 0.3) is 11.0 Å². The lowest BCUT2D eigenvalue weighted by atomic mass is 10.0. The highest BCUT2D eigenvalue weighted by molar-refractivity contribution is 6.31. The van der Waals surface area contributed by atoms with Crippen molar-refractivity contribution in [2.75, 3.05) is 56.7 Å². The van der Waals surface area contributed by atoms with Crippen LogP contribution in [0.4, 0.5) is 11.6 Å². The fourth-order valence-electron chi connectivity index (χ4n) is 4.58. The minimum Gasteiger partial charge on any atom is -0.440 e. The van der Waals surface area contributed by atoms with Crippen LogP contribution in [0.5, 0.6) is 0 Å². The number of benzene rings is 2. The standard InChI is InChI=1S/C25H26ClN3O4/c1-27(2)25(31)16-12-17(15-29-7-6-18-20(26)4-3-5-21(18)29)24-19(13-16)22(30)14-23(33-24)28-8-10-32-11-9-28/h3-5,12-14H,6-11,15H2,1-2H3. The van der Waals surface area contributed by atoms with Gasteiger partial charge in [0.15, 0.2) is 11.3 Å². The molecular formula is C25H26ClN3O4. The number of hydrogen-bond acceptors (Lipinski definition) is 6. The minimum atomic E-state index is -0.155. The highest BCUT2D eigenvalue weighted by Gasteiger charge is 2.24. The van der Waals surface area contributed by atoms with E-state index in [1.807, 2.05) is 23.1 Å². The molecule has 7 nitrogen and oxygen atoms in total. The number of rotatable bonds is 4. The molecule has 0 spiro atoms. The van der Waals surface area contributed by atoms with Crippen LogP contribution in [-0.4, -0.2) is 57.8 Å². The molecule has 1 amide bonds. The molecule has 3 aromatic rings. The molecule has 5 rings (SSSR count). The Morgan fingerprint density at radius 3 is 2.67 bits per heavy atom. The number of hydrogen-bond donors (Lipinski definition) is 0. The molecule has 0 unspecified atom stereocenters. The van der Waals surface area contributed by atoms with E-state index >= 15 is 0 Å². The van der Waals surface area contributed by atoms with Gasteiger partial charge in [0, 0.05) is 68.2 Å². The van der Waals surface area contributed by atoms with E-state index in [9.17, 15) is 9.59 Å². The molecule has 172 valence electrons. The Morgan fingerprint density at radius 2 is 1.91 bits per heavy atom. The van der Waals surface area contributed by atoms with Gasteiger partial charge in [0.05, 0.1) is 18.6 Å². The van der Waals surface area contributed by atoms with E-state index in [1.165, 1.54) is 11.0 Å². The molecule has 0 aliphatic carbocycles. The van der Waals surface area contributed by atoms with Crippen LogP contribution in [0.1, 0.15) is 21.5 Å². The zero-order valence-corrected chi connectivity index (χ0v) is 19.5. The molecule has 2 aliphatic rings. The second-order valence-electron chi connectivity index (χ2n) is 8.67. The molecule has 0 bridgehead atoms. The molecule has 1 saturated heterocycles. The summed E-state index contributed by atoms with van der Waals surface area (Å²) in [6, 6.07) is 10.9. The lowest BCUT2D eigenvalue weighted by Crippen LogP contribution is -2.36. The third kappa shape index (κ3) is 4.07. The Hall–Kier alpha value is -3.03. The fraction of sp³-hybridized carbons (Fsp3) is 0.360. The van der Waals surface area contributed by atoms with Crippen LogP contribution in [0.15, 0.2) is 45.6 Å². The Morgan fingerprint density at radius 1 is 1.12 bits per heavy atom. The van der Waals surface area contributed by atoms with Crippen molar-refractivity contribution < 1.29 is 13.9 Å². The lowest BCUT2D eigenvalue weighted by Gasteiger charge is -2.27. The van der Waals surface area contributed by atoms with Gasteiger partial charge in [-0.3, -0.25) is 9.59 Å². The zero-order valence-electron chi connectivity index (χ0n) is 18.8.